The summed E-state index contributed by atoms with van der Waals surface area (Å²) < 4.78 is 0. The summed E-state index contributed by atoms with van der Waals surface area (Å²) in [6.45, 7) is 7.62. The number of piperidine rings is 1. The number of nitrogens with one attached hydrogen (secondary N) is 1. The van der Waals surface area contributed by atoms with E-state index in [1.165, 1.54) is 25.7 Å². The third-order valence-corrected chi connectivity index (χ3v) is 4.81. The van der Waals surface area contributed by atoms with Crippen LogP contribution >= 0.6 is 0 Å². The first kappa shape index (κ1) is 16.8. The van der Waals surface area contributed by atoms with Crippen molar-refractivity contribution in [2.75, 3.05) is 25.4 Å². The second kappa shape index (κ2) is 8.18. The molecule has 4 heteroatoms. The molecular formula is C18H29N3O. The van der Waals surface area contributed by atoms with E-state index in [1.807, 2.05) is 6.07 Å². The molecule has 1 aliphatic heterocycles. The van der Waals surface area contributed by atoms with Gasteiger partial charge >= 0.3 is 0 Å². The monoisotopic (exact) mass is 303 g/mol. The fourth-order valence-corrected chi connectivity index (χ4v) is 3.35. The molecule has 122 valence electrons. The number of hydrogen-bond donors (Lipinski definition) is 2. The molecule has 0 bridgehead atoms. The maximum Gasteiger partial charge on any atom is 0.251 e. The number of amides is 1. The Kier molecular flexibility index (Phi) is 6.25. The van der Waals surface area contributed by atoms with Crippen molar-refractivity contribution in [3.8, 4) is 0 Å². The molecule has 22 heavy (non-hydrogen) atoms. The average molecular weight is 303 g/mol. The highest BCUT2D eigenvalue weighted by atomic mass is 16.1. The number of nitrogen functional groups attached to an aromatic ring is 1. The van der Waals surface area contributed by atoms with Gasteiger partial charge in [0.15, 0.2) is 0 Å². The van der Waals surface area contributed by atoms with Crippen LogP contribution in [0.15, 0.2) is 24.3 Å². The van der Waals surface area contributed by atoms with E-state index in [0.717, 1.165) is 25.7 Å². The van der Waals surface area contributed by atoms with Gasteiger partial charge in [0.2, 0.25) is 0 Å². The largest absolute Gasteiger partial charge is 0.399 e. The molecule has 1 aliphatic rings. The van der Waals surface area contributed by atoms with Gasteiger partial charge in [-0.05, 0) is 62.9 Å². The molecule has 1 heterocycles. The molecule has 0 spiro atoms. The first-order valence-electron chi connectivity index (χ1n) is 8.51. The van der Waals surface area contributed by atoms with Crippen LogP contribution in [0.3, 0.4) is 0 Å². The van der Waals surface area contributed by atoms with Gasteiger partial charge in [0.05, 0.1) is 0 Å². The lowest BCUT2D eigenvalue weighted by Crippen LogP contribution is -2.43. The third-order valence-electron chi connectivity index (χ3n) is 4.81. The summed E-state index contributed by atoms with van der Waals surface area (Å²) in [4.78, 5) is 14.7. The van der Waals surface area contributed by atoms with Crippen LogP contribution in [0.2, 0.25) is 0 Å². The van der Waals surface area contributed by atoms with Gasteiger partial charge in [-0.25, -0.2) is 0 Å². The number of anilines is 1. The zero-order valence-corrected chi connectivity index (χ0v) is 13.8. The number of rotatable bonds is 6. The molecule has 1 fully saturated rings. The van der Waals surface area contributed by atoms with E-state index in [-0.39, 0.29) is 5.91 Å². The SMILES string of the molecule is CCC(CC)N1CCC(CNC(=O)c2cccc(N)c2)CC1. The van der Waals surface area contributed by atoms with Gasteiger partial charge in [0, 0.05) is 23.8 Å². The van der Waals surface area contributed by atoms with Crippen molar-refractivity contribution < 1.29 is 4.79 Å². The molecule has 1 saturated heterocycles. The number of nitrogens with zero attached hydrogens (tertiary/aromatic N) is 1. The van der Waals surface area contributed by atoms with Crippen LogP contribution in [0.5, 0.6) is 0 Å². The topological polar surface area (TPSA) is 58.4 Å². The minimum Gasteiger partial charge on any atom is -0.399 e. The molecule has 1 aromatic carbocycles. The van der Waals surface area contributed by atoms with Gasteiger partial charge in [-0.2, -0.15) is 0 Å². The van der Waals surface area contributed by atoms with E-state index in [4.69, 9.17) is 5.73 Å². The van der Waals surface area contributed by atoms with Crippen LogP contribution in [-0.4, -0.2) is 36.5 Å². The van der Waals surface area contributed by atoms with Crippen LogP contribution in [0.4, 0.5) is 5.69 Å². The van der Waals surface area contributed by atoms with Crippen molar-refractivity contribution in [1.29, 1.82) is 0 Å². The molecule has 0 unspecified atom stereocenters. The standard InChI is InChI=1S/C18H29N3O/c1-3-17(4-2)21-10-8-14(9-11-21)13-20-18(22)15-6-5-7-16(19)12-15/h5-7,12,14,17H,3-4,8-11,13,19H2,1-2H3,(H,20,22). The zero-order chi connectivity index (χ0) is 15.9. The quantitative estimate of drug-likeness (QED) is 0.794. The van der Waals surface area contributed by atoms with Gasteiger partial charge < -0.3 is 16.0 Å². The van der Waals surface area contributed by atoms with Crippen molar-refractivity contribution in [2.24, 2.45) is 5.92 Å². The first-order chi connectivity index (χ1) is 10.6. The van der Waals surface area contributed by atoms with E-state index < -0.39 is 0 Å². The first-order valence-corrected chi connectivity index (χ1v) is 8.51. The van der Waals surface area contributed by atoms with Crippen LogP contribution in [0.25, 0.3) is 0 Å². The molecule has 3 N–H and O–H groups in total. The number of hydrogen-bond acceptors (Lipinski definition) is 3. The third kappa shape index (κ3) is 4.47. The van der Waals surface area contributed by atoms with Crippen LogP contribution in [-0.2, 0) is 0 Å². The van der Waals surface area contributed by atoms with Gasteiger partial charge in [0.25, 0.3) is 5.91 Å². The summed E-state index contributed by atoms with van der Waals surface area (Å²) in [5.41, 5.74) is 7.00. The number of benzene rings is 1. The highest BCUT2D eigenvalue weighted by Crippen LogP contribution is 2.21. The number of likely N-dealkylation sites (tertiary alicyclic amines) is 1. The van der Waals surface area contributed by atoms with Gasteiger partial charge in [-0.3, -0.25) is 4.79 Å². The number of carbonyl (C=O) groups excluding carboxylic acids is 1. The molecule has 0 saturated carbocycles. The Morgan fingerprint density at radius 3 is 2.59 bits per heavy atom. The smallest absolute Gasteiger partial charge is 0.251 e. The van der Waals surface area contributed by atoms with E-state index in [0.29, 0.717) is 17.2 Å². The molecule has 2 rings (SSSR count). The second-order valence-corrected chi connectivity index (χ2v) is 6.29. The Labute approximate surface area is 134 Å². The Morgan fingerprint density at radius 1 is 1.32 bits per heavy atom. The lowest BCUT2D eigenvalue weighted by molar-refractivity contribution is 0.0920. The highest BCUT2D eigenvalue weighted by Gasteiger charge is 2.23. The van der Waals surface area contributed by atoms with Crippen molar-refractivity contribution in [1.82, 2.24) is 10.2 Å². The van der Waals surface area contributed by atoms with E-state index in [9.17, 15) is 4.79 Å². The maximum atomic E-state index is 12.1. The number of nitrogens with two attached hydrogens (primary N) is 1. The maximum absolute atomic E-state index is 12.1. The van der Waals surface area contributed by atoms with Crippen molar-refractivity contribution in [3.05, 3.63) is 29.8 Å². The fraction of sp³-hybridized carbons (Fsp3) is 0.611. The lowest BCUT2D eigenvalue weighted by atomic mass is 9.94. The summed E-state index contributed by atoms with van der Waals surface area (Å²) in [7, 11) is 0. The van der Waals surface area contributed by atoms with Crippen molar-refractivity contribution >= 4 is 11.6 Å². The zero-order valence-electron chi connectivity index (χ0n) is 13.8. The Hall–Kier alpha value is -1.55. The molecular weight excluding hydrogens is 274 g/mol. The van der Waals surface area contributed by atoms with Crippen LogP contribution in [0, 0.1) is 5.92 Å². The fourth-order valence-electron chi connectivity index (χ4n) is 3.35. The predicted molar refractivity (Wildman–Crippen MR) is 91.9 cm³/mol. The molecule has 0 atom stereocenters. The Balaban J connectivity index is 1.76. The van der Waals surface area contributed by atoms with Gasteiger partial charge in [-0.15, -0.1) is 0 Å². The summed E-state index contributed by atoms with van der Waals surface area (Å²) in [5.74, 6) is 0.574. The summed E-state index contributed by atoms with van der Waals surface area (Å²) in [5, 5.41) is 3.05. The van der Waals surface area contributed by atoms with E-state index in [1.54, 1.807) is 18.2 Å². The molecule has 1 aromatic rings. The molecule has 1 amide bonds. The van der Waals surface area contributed by atoms with Crippen LogP contribution < -0.4 is 11.1 Å². The molecule has 0 aliphatic carbocycles. The summed E-state index contributed by atoms with van der Waals surface area (Å²) >= 11 is 0. The Morgan fingerprint density at radius 2 is 2.00 bits per heavy atom. The van der Waals surface area contributed by atoms with E-state index >= 15 is 0 Å². The van der Waals surface area contributed by atoms with Gasteiger partial charge in [0.1, 0.15) is 0 Å². The second-order valence-electron chi connectivity index (χ2n) is 6.29. The van der Waals surface area contributed by atoms with Crippen LogP contribution in [0.1, 0.15) is 49.9 Å². The molecule has 4 nitrogen and oxygen atoms in total. The van der Waals surface area contributed by atoms with E-state index in [2.05, 4.69) is 24.1 Å². The van der Waals surface area contributed by atoms with Crippen molar-refractivity contribution in [2.45, 2.75) is 45.6 Å². The average Bonchev–Trinajstić information content (AvgIpc) is 2.55. The summed E-state index contributed by atoms with van der Waals surface area (Å²) in [6, 6.07) is 7.87. The minimum atomic E-state index is -0.0188. The summed E-state index contributed by atoms with van der Waals surface area (Å²) in [6.07, 6.45) is 4.81. The Bertz CT molecular complexity index is 477. The minimum absolute atomic E-state index is 0.0188. The number of carbonyl (C=O) groups is 1. The van der Waals surface area contributed by atoms with Crippen molar-refractivity contribution in [3.63, 3.8) is 0 Å². The highest BCUT2D eigenvalue weighted by molar-refractivity contribution is 5.94. The molecule has 0 aromatic heterocycles. The molecule has 0 radical (unpaired) electrons. The predicted octanol–water partition coefficient (Wildman–Crippen LogP) is 2.90. The van der Waals surface area contributed by atoms with Gasteiger partial charge in [-0.1, -0.05) is 19.9 Å². The normalized spacial score (nSPS) is 16.9. The lowest BCUT2D eigenvalue weighted by Gasteiger charge is -2.37.